The van der Waals surface area contributed by atoms with Gasteiger partial charge in [-0.3, -0.25) is 10.1 Å². The van der Waals surface area contributed by atoms with Crippen LogP contribution in [0.1, 0.15) is 12.8 Å². The predicted molar refractivity (Wildman–Crippen MR) is 80.9 cm³/mol. The van der Waals surface area contributed by atoms with Crippen molar-refractivity contribution < 1.29 is 9.66 Å². The number of likely N-dealkylation sites (N-methyl/N-ethyl adjacent to an activating group) is 1. The molecule has 1 atom stereocenters. The van der Waals surface area contributed by atoms with Crippen LogP contribution in [0.3, 0.4) is 0 Å². The van der Waals surface area contributed by atoms with Gasteiger partial charge in [0.25, 0.3) is 5.69 Å². The summed E-state index contributed by atoms with van der Waals surface area (Å²) in [6, 6.07) is 6.19. The lowest BCUT2D eigenvalue weighted by atomic mass is 10.2. The molecule has 0 aromatic heterocycles. The second kappa shape index (κ2) is 6.62. The largest absolute Gasteiger partial charge is 0.376 e. The smallest absolute Gasteiger partial charge is 0.269 e. The molecular weight excluding hydrogens is 278 g/mol. The number of anilines is 1. The summed E-state index contributed by atoms with van der Waals surface area (Å²) in [5.41, 5.74) is 0.800. The van der Waals surface area contributed by atoms with Gasteiger partial charge in [0.1, 0.15) is 0 Å². The van der Waals surface area contributed by atoms with E-state index >= 15 is 0 Å². The Kier molecular flexibility index (Phi) is 4.86. The number of nitrogens with zero attached hydrogens (tertiary/aromatic N) is 2. The summed E-state index contributed by atoms with van der Waals surface area (Å²) in [6.07, 6.45) is 2.39. The molecule has 1 aliphatic rings. The second-order valence-corrected chi connectivity index (χ2v) is 5.14. The molecule has 0 radical (unpaired) electrons. The Balaban J connectivity index is 1.87. The van der Waals surface area contributed by atoms with E-state index in [0.29, 0.717) is 5.11 Å². The van der Waals surface area contributed by atoms with Crippen LogP contribution in [0.5, 0.6) is 0 Å². The maximum absolute atomic E-state index is 10.6. The molecule has 0 aliphatic carbocycles. The van der Waals surface area contributed by atoms with Gasteiger partial charge in [0.15, 0.2) is 5.11 Å². The van der Waals surface area contributed by atoms with Crippen LogP contribution in [-0.2, 0) is 4.74 Å². The molecule has 1 N–H and O–H groups in total. The zero-order chi connectivity index (χ0) is 14.5. The highest BCUT2D eigenvalue weighted by molar-refractivity contribution is 7.80. The van der Waals surface area contributed by atoms with E-state index in [2.05, 4.69) is 5.32 Å². The molecule has 1 heterocycles. The fourth-order valence-electron chi connectivity index (χ4n) is 2.06. The fraction of sp³-hybridized carbons (Fsp3) is 0.462. The third-order valence-corrected chi connectivity index (χ3v) is 3.59. The highest BCUT2D eigenvalue weighted by Crippen LogP contribution is 2.17. The third-order valence-electron chi connectivity index (χ3n) is 3.18. The molecule has 20 heavy (non-hydrogen) atoms. The van der Waals surface area contributed by atoms with Gasteiger partial charge in [0, 0.05) is 38.0 Å². The van der Waals surface area contributed by atoms with Crippen molar-refractivity contribution in [3.8, 4) is 0 Å². The normalized spacial score (nSPS) is 17.8. The number of hydrogen-bond donors (Lipinski definition) is 1. The van der Waals surface area contributed by atoms with E-state index in [-0.39, 0.29) is 11.8 Å². The zero-order valence-electron chi connectivity index (χ0n) is 11.2. The summed E-state index contributed by atoms with van der Waals surface area (Å²) in [4.78, 5) is 12.1. The van der Waals surface area contributed by atoms with Crippen LogP contribution >= 0.6 is 12.2 Å². The SMILES string of the molecule is CN(C[C@@H]1CCCO1)C(=S)Nc1ccc([N+](=O)[O-])cc1. The van der Waals surface area contributed by atoms with Crippen molar-refractivity contribution in [1.29, 1.82) is 0 Å². The number of rotatable bonds is 4. The number of thiocarbonyl (C=S) groups is 1. The number of nitro benzene ring substituents is 1. The molecule has 108 valence electrons. The summed E-state index contributed by atoms with van der Waals surface area (Å²) < 4.78 is 5.56. The van der Waals surface area contributed by atoms with Gasteiger partial charge in [0.2, 0.25) is 0 Å². The van der Waals surface area contributed by atoms with Gasteiger partial charge >= 0.3 is 0 Å². The first kappa shape index (κ1) is 14.7. The van der Waals surface area contributed by atoms with Gasteiger partial charge in [-0.25, -0.2) is 0 Å². The first-order valence-electron chi connectivity index (χ1n) is 6.44. The van der Waals surface area contributed by atoms with Crippen LogP contribution in [0.2, 0.25) is 0 Å². The molecule has 0 bridgehead atoms. The molecule has 1 fully saturated rings. The number of hydrogen-bond acceptors (Lipinski definition) is 4. The molecule has 1 saturated heterocycles. The number of nitro groups is 1. The lowest BCUT2D eigenvalue weighted by molar-refractivity contribution is -0.384. The second-order valence-electron chi connectivity index (χ2n) is 4.75. The Morgan fingerprint density at radius 2 is 2.25 bits per heavy atom. The van der Waals surface area contributed by atoms with E-state index in [1.54, 1.807) is 12.1 Å². The van der Waals surface area contributed by atoms with Crippen molar-refractivity contribution in [3.05, 3.63) is 34.4 Å². The van der Waals surface area contributed by atoms with Gasteiger partial charge in [-0.1, -0.05) is 0 Å². The molecule has 1 aromatic carbocycles. The summed E-state index contributed by atoms with van der Waals surface area (Å²) in [6.45, 7) is 1.57. The quantitative estimate of drug-likeness (QED) is 0.522. The number of nitrogens with one attached hydrogen (secondary N) is 1. The van der Waals surface area contributed by atoms with Crippen molar-refractivity contribution in [3.63, 3.8) is 0 Å². The maximum Gasteiger partial charge on any atom is 0.269 e. The molecule has 0 spiro atoms. The van der Waals surface area contributed by atoms with Crippen molar-refractivity contribution in [2.24, 2.45) is 0 Å². The summed E-state index contributed by atoms with van der Waals surface area (Å²) in [5, 5.41) is 14.2. The summed E-state index contributed by atoms with van der Waals surface area (Å²) in [7, 11) is 1.91. The molecule has 6 nitrogen and oxygen atoms in total. The molecule has 0 saturated carbocycles. The molecule has 1 aromatic rings. The van der Waals surface area contributed by atoms with E-state index < -0.39 is 4.92 Å². The fourth-order valence-corrected chi connectivity index (χ4v) is 2.25. The Morgan fingerprint density at radius 1 is 1.55 bits per heavy atom. The lowest BCUT2D eigenvalue weighted by Crippen LogP contribution is -2.36. The average molecular weight is 295 g/mol. The van der Waals surface area contributed by atoms with Gasteiger partial charge in [-0.05, 0) is 37.2 Å². The van der Waals surface area contributed by atoms with Crippen LogP contribution in [-0.4, -0.2) is 41.2 Å². The lowest BCUT2D eigenvalue weighted by Gasteiger charge is -2.23. The Bertz CT molecular complexity index is 486. The van der Waals surface area contributed by atoms with Gasteiger partial charge < -0.3 is 15.0 Å². The standard InChI is InChI=1S/C13H17N3O3S/c1-15(9-12-3-2-8-19-12)13(20)14-10-4-6-11(7-5-10)16(17)18/h4-7,12H,2-3,8-9H2,1H3,(H,14,20)/t12-/m0/s1. The average Bonchev–Trinajstić information content (AvgIpc) is 2.92. The van der Waals surface area contributed by atoms with Crippen LogP contribution in [0.4, 0.5) is 11.4 Å². The number of benzene rings is 1. The molecule has 0 amide bonds. The van der Waals surface area contributed by atoms with E-state index in [4.69, 9.17) is 17.0 Å². The van der Waals surface area contributed by atoms with Crippen LogP contribution in [0.25, 0.3) is 0 Å². The highest BCUT2D eigenvalue weighted by atomic mass is 32.1. The molecule has 7 heteroatoms. The topological polar surface area (TPSA) is 67.6 Å². The van der Waals surface area contributed by atoms with Crippen molar-refractivity contribution in [2.45, 2.75) is 18.9 Å². The van der Waals surface area contributed by atoms with Crippen molar-refractivity contribution >= 4 is 28.7 Å². The van der Waals surface area contributed by atoms with Crippen molar-refractivity contribution in [2.75, 3.05) is 25.5 Å². The first-order valence-corrected chi connectivity index (χ1v) is 6.85. The minimum absolute atomic E-state index is 0.0641. The zero-order valence-corrected chi connectivity index (χ0v) is 12.1. The van der Waals surface area contributed by atoms with Crippen LogP contribution in [0, 0.1) is 10.1 Å². The van der Waals surface area contributed by atoms with E-state index in [1.165, 1.54) is 12.1 Å². The number of non-ortho nitro benzene ring substituents is 1. The van der Waals surface area contributed by atoms with Crippen LogP contribution < -0.4 is 5.32 Å². The molecule has 1 aliphatic heterocycles. The Morgan fingerprint density at radius 3 is 2.80 bits per heavy atom. The Labute approximate surface area is 122 Å². The van der Waals surface area contributed by atoms with Gasteiger partial charge in [0.05, 0.1) is 11.0 Å². The summed E-state index contributed by atoms with van der Waals surface area (Å²) >= 11 is 5.30. The molecule has 2 rings (SSSR count). The predicted octanol–water partition coefficient (Wildman–Crippen LogP) is 2.40. The Hall–Kier alpha value is -1.73. The third kappa shape index (κ3) is 3.88. The molecular formula is C13H17N3O3S. The summed E-state index contributed by atoms with van der Waals surface area (Å²) in [5.74, 6) is 0. The van der Waals surface area contributed by atoms with Crippen molar-refractivity contribution in [1.82, 2.24) is 4.90 Å². The number of ether oxygens (including phenoxy) is 1. The highest BCUT2D eigenvalue weighted by Gasteiger charge is 2.18. The minimum atomic E-state index is -0.425. The van der Waals surface area contributed by atoms with E-state index in [0.717, 1.165) is 31.7 Å². The molecule has 0 unspecified atom stereocenters. The van der Waals surface area contributed by atoms with E-state index in [9.17, 15) is 10.1 Å². The monoisotopic (exact) mass is 295 g/mol. The first-order chi connectivity index (χ1) is 9.56. The van der Waals surface area contributed by atoms with E-state index in [1.807, 2.05) is 11.9 Å². The minimum Gasteiger partial charge on any atom is -0.376 e. The van der Waals surface area contributed by atoms with Gasteiger partial charge in [-0.2, -0.15) is 0 Å². The maximum atomic E-state index is 10.6. The van der Waals surface area contributed by atoms with Crippen LogP contribution in [0.15, 0.2) is 24.3 Å². The van der Waals surface area contributed by atoms with Gasteiger partial charge in [-0.15, -0.1) is 0 Å².